The van der Waals surface area contributed by atoms with Crippen molar-refractivity contribution in [1.82, 2.24) is 4.98 Å². The van der Waals surface area contributed by atoms with Crippen molar-refractivity contribution in [2.24, 2.45) is 0 Å². The number of nitro groups is 1. The number of alkyl halides is 3. The highest BCUT2D eigenvalue weighted by Crippen LogP contribution is 2.44. The second kappa shape index (κ2) is 9.71. The van der Waals surface area contributed by atoms with E-state index in [1.807, 2.05) is 6.07 Å². The zero-order chi connectivity index (χ0) is 26.0. The molecule has 0 radical (unpaired) electrons. The zero-order valence-electron chi connectivity index (χ0n) is 18.2. The number of nitrogens with zero attached hydrogens (tertiary/aromatic N) is 3. The maximum absolute atomic E-state index is 13.0. The number of ether oxygens (including phenoxy) is 2. The smallest absolute Gasteiger partial charge is 0.416 e. The number of rotatable bonds is 6. The van der Waals surface area contributed by atoms with Gasteiger partial charge in [0.05, 0.1) is 22.1 Å². The van der Waals surface area contributed by atoms with Crippen molar-refractivity contribution in [1.29, 1.82) is 5.26 Å². The lowest BCUT2D eigenvalue weighted by Crippen LogP contribution is -2.06. The Morgan fingerprint density at radius 3 is 2.58 bits per heavy atom. The number of methoxy groups -OCH3 is 1. The van der Waals surface area contributed by atoms with E-state index in [4.69, 9.17) is 13.9 Å². The van der Waals surface area contributed by atoms with E-state index in [1.54, 1.807) is 24.3 Å². The Bertz CT molecular complexity index is 1520. The topological polar surface area (TPSA) is 111 Å². The normalized spacial score (nSPS) is 11.8. The Morgan fingerprint density at radius 2 is 1.94 bits per heavy atom. The number of para-hydroxylation sites is 2. The summed E-state index contributed by atoms with van der Waals surface area (Å²) in [6.07, 6.45) is -3.27. The molecule has 0 atom stereocenters. The Morgan fingerprint density at radius 1 is 1.19 bits per heavy atom. The zero-order valence-corrected chi connectivity index (χ0v) is 19.8. The molecule has 0 saturated heterocycles. The molecule has 0 saturated carbocycles. The summed E-state index contributed by atoms with van der Waals surface area (Å²) in [5.74, 6) is -0.230. The van der Waals surface area contributed by atoms with Crippen LogP contribution in [0.1, 0.15) is 17.0 Å². The number of allylic oxidation sites excluding steroid dienone is 1. The van der Waals surface area contributed by atoms with Crippen molar-refractivity contribution in [2.75, 3.05) is 7.11 Å². The monoisotopic (exact) mass is 559 g/mol. The van der Waals surface area contributed by atoms with Gasteiger partial charge in [-0.3, -0.25) is 10.1 Å². The first-order valence-electron chi connectivity index (χ1n) is 9.99. The summed E-state index contributed by atoms with van der Waals surface area (Å²) < 4.78 is 55.8. The number of halogens is 4. The van der Waals surface area contributed by atoms with E-state index in [-0.39, 0.29) is 27.4 Å². The molecule has 0 N–H and O–H groups in total. The Labute approximate surface area is 209 Å². The van der Waals surface area contributed by atoms with Crippen LogP contribution in [0.15, 0.2) is 63.5 Å². The molecule has 0 amide bonds. The van der Waals surface area contributed by atoms with Gasteiger partial charge >= 0.3 is 11.9 Å². The Balaban J connectivity index is 1.73. The quantitative estimate of drug-likeness (QED) is 0.137. The molecule has 3 aromatic carbocycles. The number of aromatic nitrogens is 1. The molecule has 8 nitrogen and oxygen atoms in total. The molecule has 4 rings (SSSR count). The summed E-state index contributed by atoms with van der Waals surface area (Å²) in [6, 6.07) is 14.0. The van der Waals surface area contributed by atoms with Crippen LogP contribution in [0.2, 0.25) is 0 Å². The molecule has 0 spiro atoms. The predicted octanol–water partition coefficient (Wildman–Crippen LogP) is 7.38. The molecule has 12 heteroatoms. The first kappa shape index (κ1) is 24.7. The van der Waals surface area contributed by atoms with Crippen molar-refractivity contribution in [2.45, 2.75) is 6.18 Å². The molecule has 1 aromatic heterocycles. The molecule has 182 valence electrons. The summed E-state index contributed by atoms with van der Waals surface area (Å²) in [6.45, 7) is 0. The summed E-state index contributed by atoms with van der Waals surface area (Å²) in [5, 5.41) is 21.0. The minimum Gasteiger partial charge on any atom is -0.493 e. The number of nitriles is 1. The fourth-order valence-electron chi connectivity index (χ4n) is 3.25. The van der Waals surface area contributed by atoms with E-state index in [1.165, 1.54) is 25.3 Å². The molecule has 0 unspecified atom stereocenters. The molecule has 36 heavy (non-hydrogen) atoms. The van der Waals surface area contributed by atoms with Crippen molar-refractivity contribution < 1.29 is 32.0 Å². The van der Waals surface area contributed by atoms with E-state index in [2.05, 4.69) is 20.9 Å². The highest BCUT2D eigenvalue weighted by atomic mass is 79.9. The maximum atomic E-state index is 13.0. The molecule has 1 heterocycles. The van der Waals surface area contributed by atoms with Crippen LogP contribution in [0, 0.1) is 21.4 Å². The van der Waals surface area contributed by atoms with Gasteiger partial charge < -0.3 is 13.9 Å². The molecule has 0 aliphatic heterocycles. The van der Waals surface area contributed by atoms with Gasteiger partial charge in [0.2, 0.25) is 11.6 Å². The summed E-state index contributed by atoms with van der Waals surface area (Å²) in [4.78, 5) is 14.7. The number of fused-ring (bicyclic) bond motifs is 1. The Hall–Kier alpha value is -4.37. The van der Waals surface area contributed by atoms with Gasteiger partial charge in [0.1, 0.15) is 17.2 Å². The van der Waals surface area contributed by atoms with Crippen LogP contribution in [-0.4, -0.2) is 17.0 Å². The van der Waals surface area contributed by atoms with E-state index in [9.17, 15) is 28.5 Å². The maximum Gasteiger partial charge on any atom is 0.416 e. The SMILES string of the molecule is COc1cc(/C=C(\C#N)c2nc3ccccc3o2)cc(Br)c1Oc1ccc(C(F)(F)F)cc1[N+](=O)[O-]. The second-order valence-corrected chi connectivity index (χ2v) is 8.08. The average molecular weight is 560 g/mol. The number of nitro benzene ring substituents is 1. The lowest BCUT2D eigenvalue weighted by atomic mass is 10.1. The van der Waals surface area contributed by atoms with E-state index < -0.39 is 28.1 Å². The average Bonchev–Trinajstić information content (AvgIpc) is 3.27. The highest BCUT2D eigenvalue weighted by Gasteiger charge is 2.33. The fourth-order valence-corrected chi connectivity index (χ4v) is 3.79. The van der Waals surface area contributed by atoms with Crippen LogP contribution < -0.4 is 9.47 Å². The molecule has 4 aromatic rings. The summed E-state index contributed by atoms with van der Waals surface area (Å²) >= 11 is 3.29. The number of hydrogen-bond acceptors (Lipinski definition) is 7. The van der Waals surface area contributed by atoms with Crippen molar-refractivity contribution in [3.63, 3.8) is 0 Å². The van der Waals surface area contributed by atoms with Gasteiger partial charge in [-0.05, 0) is 64.0 Å². The van der Waals surface area contributed by atoms with Crippen LogP contribution in [0.5, 0.6) is 17.2 Å². The molecular weight excluding hydrogens is 547 g/mol. The lowest BCUT2D eigenvalue weighted by Gasteiger charge is -2.14. The molecular formula is C24H13BrF3N3O5. The van der Waals surface area contributed by atoms with Crippen LogP contribution in [-0.2, 0) is 6.18 Å². The summed E-state index contributed by atoms with van der Waals surface area (Å²) in [7, 11) is 1.31. The number of oxazole rings is 1. The lowest BCUT2D eigenvalue weighted by molar-refractivity contribution is -0.385. The van der Waals surface area contributed by atoms with Crippen LogP contribution in [0.25, 0.3) is 22.7 Å². The van der Waals surface area contributed by atoms with E-state index >= 15 is 0 Å². The third-order valence-corrected chi connectivity index (χ3v) is 5.49. The first-order valence-corrected chi connectivity index (χ1v) is 10.8. The van der Waals surface area contributed by atoms with Gasteiger partial charge in [-0.25, -0.2) is 4.98 Å². The predicted molar refractivity (Wildman–Crippen MR) is 126 cm³/mol. The largest absolute Gasteiger partial charge is 0.493 e. The third kappa shape index (κ3) is 5.01. The molecule has 0 fully saturated rings. The van der Waals surface area contributed by atoms with Gasteiger partial charge in [-0.15, -0.1) is 0 Å². The molecule has 0 aliphatic rings. The Kier molecular flexibility index (Phi) is 6.67. The number of benzene rings is 3. The van der Waals surface area contributed by atoms with Crippen molar-refractivity contribution >= 4 is 44.4 Å². The van der Waals surface area contributed by atoms with E-state index in [0.29, 0.717) is 28.8 Å². The van der Waals surface area contributed by atoms with Crippen molar-refractivity contribution in [3.05, 3.63) is 86.2 Å². The fraction of sp³-hybridized carbons (Fsp3) is 0.0833. The van der Waals surface area contributed by atoms with Gasteiger partial charge in [0, 0.05) is 6.07 Å². The summed E-state index contributed by atoms with van der Waals surface area (Å²) in [5.41, 5.74) is -0.385. The van der Waals surface area contributed by atoms with Crippen LogP contribution >= 0.6 is 15.9 Å². The van der Waals surface area contributed by atoms with Gasteiger partial charge in [-0.2, -0.15) is 18.4 Å². The van der Waals surface area contributed by atoms with Gasteiger partial charge in [-0.1, -0.05) is 12.1 Å². The highest BCUT2D eigenvalue weighted by molar-refractivity contribution is 9.10. The standard InChI is InChI=1S/C24H13BrF3N3O5/c1-34-21-10-13(8-14(12-29)23-30-17-4-2-3-5-19(17)36-23)9-16(25)22(21)35-20-7-6-15(24(26,27)28)11-18(20)31(32)33/h2-11H,1H3/b14-8+. The van der Waals surface area contributed by atoms with E-state index in [0.717, 1.165) is 6.07 Å². The second-order valence-electron chi connectivity index (χ2n) is 7.23. The van der Waals surface area contributed by atoms with Crippen LogP contribution in [0.3, 0.4) is 0 Å². The number of hydrogen-bond donors (Lipinski definition) is 0. The minimum absolute atomic E-state index is 0.0159. The molecule has 0 bridgehead atoms. The molecule has 0 aliphatic carbocycles. The van der Waals surface area contributed by atoms with Crippen molar-refractivity contribution in [3.8, 4) is 23.3 Å². The van der Waals surface area contributed by atoms with Gasteiger partial charge in [0.25, 0.3) is 0 Å². The first-order chi connectivity index (χ1) is 17.1. The van der Waals surface area contributed by atoms with Crippen LogP contribution in [0.4, 0.5) is 18.9 Å². The third-order valence-electron chi connectivity index (χ3n) is 4.90. The minimum atomic E-state index is -4.76. The van der Waals surface area contributed by atoms with Gasteiger partial charge in [0.15, 0.2) is 17.1 Å².